The Labute approximate surface area is 114 Å². The molecule has 18 heavy (non-hydrogen) atoms. The maximum Gasteiger partial charge on any atom is 0.106 e. The molecule has 2 aliphatic rings. The maximum absolute atomic E-state index is 10.9. The van der Waals surface area contributed by atoms with E-state index in [9.17, 15) is 5.11 Å². The largest absolute Gasteiger partial charge is 0.386 e. The van der Waals surface area contributed by atoms with Crippen molar-refractivity contribution < 1.29 is 5.11 Å². The van der Waals surface area contributed by atoms with Crippen molar-refractivity contribution in [3.8, 4) is 0 Å². The molecule has 1 aromatic heterocycles. The molecule has 3 rings (SSSR count). The average Bonchev–Trinajstić information content (AvgIpc) is 3.09. The molecule has 1 saturated carbocycles. The molecule has 1 saturated heterocycles. The van der Waals surface area contributed by atoms with E-state index < -0.39 is 0 Å². The molecule has 1 aliphatic carbocycles. The van der Waals surface area contributed by atoms with Crippen molar-refractivity contribution in [3.63, 3.8) is 0 Å². The van der Waals surface area contributed by atoms with E-state index in [0.717, 1.165) is 0 Å². The molecule has 2 nitrogen and oxygen atoms in total. The molecular weight excluding hydrogens is 242 g/mol. The summed E-state index contributed by atoms with van der Waals surface area (Å²) < 4.78 is 0. The number of thiophene rings is 1. The molecular formula is C15H23NOS. The highest BCUT2D eigenvalue weighted by Gasteiger charge is 2.47. The van der Waals surface area contributed by atoms with Gasteiger partial charge < -0.3 is 5.11 Å². The minimum Gasteiger partial charge on any atom is -0.386 e. The highest BCUT2D eigenvalue weighted by molar-refractivity contribution is 7.12. The van der Waals surface area contributed by atoms with Crippen molar-refractivity contribution in [2.45, 2.75) is 57.1 Å². The van der Waals surface area contributed by atoms with Crippen LogP contribution >= 0.6 is 11.3 Å². The van der Waals surface area contributed by atoms with Gasteiger partial charge in [-0.05, 0) is 57.8 Å². The predicted molar refractivity (Wildman–Crippen MR) is 76.0 cm³/mol. The van der Waals surface area contributed by atoms with Crippen molar-refractivity contribution in [1.29, 1.82) is 0 Å². The van der Waals surface area contributed by atoms with E-state index >= 15 is 0 Å². The molecule has 0 bridgehead atoms. The molecule has 0 spiro atoms. The van der Waals surface area contributed by atoms with Crippen LogP contribution in [0.2, 0.25) is 0 Å². The Balaban J connectivity index is 1.88. The number of likely N-dealkylation sites (tertiary alicyclic amines) is 1. The molecule has 1 unspecified atom stereocenters. The predicted octanol–water partition coefficient (Wildman–Crippen LogP) is 3.50. The van der Waals surface area contributed by atoms with Crippen LogP contribution in [0.1, 0.15) is 54.4 Å². The highest BCUT2D eigenvalue weighted by atomic mass is 32.1. The molecule has 0 amide bonds. The third-order valence-electron chi connectivity index (χ3n) is 4.74. The second kappa shape index (κ2) is 4.95. The number of rotatable bonds is 3. The number of aliphatic hydroxyl groups excluding tert-OH is 1. The van der Waals surface area contributed by atoms with Gasteiger partial charge in [0.25, 0.3) is 0 Å². The summed E-state index contributed by atoms with van der Waals surface area (Å²) >= 11 is 1.76. The standard InChI is InChI=1S/C15H23NOS/c1-12-6-7-13(18-12)14(17)15(8-2-3-9-15)16-10-4-5-11-16/h6-7,14,17H,2-5,8-11H2,1H3. The van der Waals surface area contributed by atoms with Crippen LogP contribution in [0.15, 0.2) is 12.1 Å². The van der Waals surface area contributed by atoms with Crippen LogP contribution in [0.4, 0.5) is 0 Å². The van der Waals surface area contributed by atoms with E-state index in [1.165, 1.54) is 61.4 Å². The first-order valence-corrected chi connectivity index (χ1v) is 8.03. The molecule has 2 heterocycles. The van der Waals surface area contributed by atoms with Crippen LogP contribution < -0.4 is 0 Å². The van der Waals surface area contributed by atoms with E-state index in [1.807, 2.05) is 0 Å². The van der Waals surface area contributed by atoms with Gasteiger partial charge in [0, 0.05) is 9.75 Å². The Hall–Kier alpha value is -0.380. The molecule has 3 heteroatoms. The molecule has 100 valence electrons. The summed E-state index contributed by atoms with van der Waals surface area (Å²) in [7, 11) is 0. The van der Waals surface area contributed by atoms with Gasteiger partial charge in [0.15, 0.2) is 0 Å². The first-order chi connectivity index (χ1) is 8.72. The van der Waals surface area contributed by atoms with Gasteiger partial charge >= 0.3 is 0 Å². The smallest absolute Gasteiger partial charge is 0.106 e. The normalized spacial score (nSPS) is 25.7. The fourth-order valence-electron chi connectivity index (χ4n) is 3.78. The number of hydrogen-bond acceptors (Lipinski definition) is 3. The maximum atomic E-state index is 10.9. The summed E-state index contributed by atoms with van der Waals surface area (Å²) in [5.41, 5.74) is 0.0494. The number of aryl methyl sites for hydroxylation is 1. The topological polar surface area (TPSA) is 23.5 Å². The first-order valence-electron chi connectivity index (χ1n) is 7.22. The molecule has 1 N–H and O–H groups in total. The minimum atomic E-state index is -0.281. The zero-order chi connectivity index (χ0) is 12.6. The second-order valence-corrected chi connectivity index (χ2v) is 7.18. The van der Waals surface area contributed by atoms with E-state index in [0.29, 0.717) is 0 Å². The third-order valence-corrected chi connectivity index (χ3v) is 5.80. The Bertz CT molecular complexity index is 402. The van der Waals surface area contributed by atoms with E-state index in [1.54, 1.807) is 11.3 Å². The lowest BCUT2D eigenvalue weighted by Gasteiger charge is -2.42. The van der Waals surface area contributed by atoms with Crippen molar-refractivity contribution >= 4 is 11.3 Å². The minimum absolute atomic E-state index is 0.0494. The summed E-state index contributed by atoms with van der Waals surface area (Å²) in [5.74, 6) is 0. The third kappa shape index (κ3) is 2.02. The van der Waals surface area contributed by atoms with Crippen LogP contribution in [-0.2, 0) is 0 Å². The van der Waals surface area contributed by atoms with Crippen molar-refractivity contribution in [2.75, 3.05) is 13.1 Å². The van der Waals surface area contributed by atoms with Gasteiger partial charge in [-0.3, -0.25) is 4.90 Å². The lowest BCUT2D eigenvalue weighted by Crippen LogP contribution is -2.49. The Kier molecular flexibility index (Phi) is 3.48. The van der Waals surface area contributed by atoms with E-state index in [-0.39, 0.29) is 11.6 Å². The SMILES string of the molecule is Cc1ccc(C(O)C2(N3CCCC3)CCCC2)s1. The van der Waals surface area contributed by atoms with Crippen molar-refractivity contribution in [1.82, 2.24) is 4.90 Å². The summed E-state index contributed by atoms with van der Waals surface area (Å²) in [4.78, 5) is 5.06. The van der Waals surface area contributed by atoms with Gasteiger partial charge in [0.2, 0.25) is 0 Å². The number of nitrogens with zero attached hydrogens (tertiary/aromatic N) is 1. The fraction of sp³-hybridized carbons (Fsp3) is 0.733. The lowest BCUT2D eigenvalue weighted by molar-refractivity contribution is -0.0175. The van der Waals surface area contributed by atoms with Crippen LogP contribution in [0.25, 0.3) is 0 Å². The number of hydrogen-bond donors (Lipinski definition) is 1. The number of aliphatic hydroxyl groups is 1. The highest BCUT2D eigenvalue weighted by Crippen LogP contribution is 2.47. The molecule has 0 aromatic carbocycles. The lowest BCUT2D eigenvalue weighted by atomic mass is 9.87. The van der Waals surface area contributed by atoms with Gasteiger partial charge in [-0.1, -0.05) is 12.8 Å². The fourth-order valence-corrected chi connectivity index (χ4v) is 4.75. The molecule has 1 atom stereocenters. The zero-order valence-corrected chi connectivity index (χ0v) is 12.0. The van der Waals surface area contributed by atoms with Crippen LogP contribution in [0.5, 0.6) is 0 Å². The average molecular weight is 265 g/mol. The van der Waals surface area contributed by atoms with Crippen molar-refractivity contribution in [2.24, 2.45) is 0 Å². The van der Waals surface area contributed by atoms with Crippen LogP contribution in [0, 0.1) is 6.92 Å². The van der Waals surface area contributed by atoms with Crippen molar-refractivity contribution in [3.05, 3.63) is 21.9 Å². The summed E-state index contributed by atoms with van der Waals surface area (Å²) in [6, 6.07) is 4.26. The van der Waals surface area contributed by atoms with Gasteiger partial charge in [0.1, 0.15) is 6.10 Å². The first kappa shape index (κ1) is 12.6. The van der Waals surface area contributed by atoms with Crippen LogP contribution in [-0.4, -0.2) is 28.6 Å². The molecule has 0 radical (unpaired) electrons. The quantitative estimate of drug-likeness (QED) is 0.904. The zero-order valence-electron chi connectivity index (χ0n) is 11.2. The van der Waals surface area contributed by atoms with Crippen LogP contribution in [0.3, 0.4) is 0 Å². The Morgan fingerprint density at radius 2 is 1.83 bits per heavy atom. The Morgan fingerprint density at radius 3 is 2.39 bits per heavy atom. The van der Waals surface area contributed by atoms with E-state index in [2.05, 4.69) is 24.0 Å². The van der Waals surface area contributed by atoms with E-state index in [4.69, 9.17) is 0 Å². The summed E-state index contributed by atoms with van der Waals surface area (Å²) in [6.45, 7) is 4.49. The van der Waals surface area contributed by atoms with Gasteiger partial charge in [-0.15, -0.1) is 11.3 Å². The second-order valence-electron chi connectivity index (χ2n) is 5.86. The monoisotopic (exact) mass is 265 g/mol. The Morgan fingerprint density at radius 1 is 1.17 bits per heavy atom. The molecule has 2 fully saturated rings. The summed E-state index contributed by atoms with van der Waals surface area (Å²) in [6.07, 6.45) is 7.22. The van der Waals surface area contributed by atoms with Gasteiger partial charge in [-0.25, -0.2) is 0 Å². The summed E-state index contributed by atoms with van der Waals surface area (Å²) in [5, 5.41) is 10.9. The molecule has 1 aliphatic heterocycles. The molecule has 1 aromatic rings. The van der Waals surface area contributed by atoms with Gasteiger partial charge in [-0.2, -0.15) is 0 Å². The van der Waals surface area contributed by atoms with Gasteiger partial charge in [0.05, 0.1) is 5.54 Å².